The SMILES string of the molecule is CCCNC(Cc1ccccc1)CC1CCC1. The number of nitrogens with one attached hydrogen (secondary N) is 1. The van der Waals surface area contributed by atoms with Crippen molar-refractivity contribution >= 4 is 0 Å². The lowest BCUT2D eigenvalue weighted by Crippen LogP contribution is -2.35. The van der Waals surface area contributed by atoms with Gasteiger partial charge in [-0.1, -0.05) is 56.5 Å². The van der Waals surface area contributed by atoms with Crippen LogP contribution in [0, 0.1) is 5.92 Å². The Kier molecular flexibility index (Phi) is 5.06. The van der Waals surface area contributed by atoms with E-state index in [1.54, 1.807) is 0 Å². The van der Waals surface area contributed by atoms with Crippen LogP contribution in [0.15, 0.2) is 30.3 Å². The second-order valence-electron chi connectivity index (χ2n) is 5.37. The second kappa shape index (κ2) is 6.80. The summed E-state index contributed by atoms with van der Waals surface area (Å²) >= 11 is 0. The average Bonchev–Trinajstić information content (AvgIpc) is 2.31. The molecule has 1 saturated carbocycles. The molecule has 0 radical (unpaired) electrons. The fraction of sp³-hybridized carbons (Fsp3) is 0.625. The van der Waals surface area contributed by atoms with Gasteiger partial charge in [-0.3, -0.25) is 0 Å². The molecule has 1 nitrogen and oxygen atoms in total. The highest BCUT2D eigenvalue weighted by Crippen LogP contribution is 2.31. The molecule has 0 saturated heterocycles. The van der Waals surface area contributed by atoms with Gasteiger partial charge in [-0.2, -0.15) is 0 Å². The van der Waals surface area contributed by atoms with Crippen LogP contribution in [0.25, 0.3) is 0 Å². The third-order valence-electron chi connectivity index (χ3n) is 3.85. The normalized spacial score (nSPS) is 17.7. The van der Waals surface area contributed by atoms with E-state index < -0.39 is 0 Å². The molecular formula is C16H25N. The van der Waals surface area contributed by atoms with Crippen molar-refractivity contribution in [3.05, 3.63) is 35.9 Å². The van der Waals surface area contributed by atoms with Crippen molar-refractivity contribution < 1.29 is 0 Å². The summed E-state index contributed by atoms with van der Waals surface area (Å²) < 4.78 is 0. The molecule has 1 atom stereocenters. The van der Waals surface area contributed by atoms with E-state index >= 15 is 0 Å². The molecular weight excluding hydrogens is 206 g/mol. The Balaban J connectivity index is 1.85. The van der Waals surface area contributed by atoms with Crippen LogP contribution in [0.4, 0.5) is 0 Å². The number of benzene rings is 1. The summed E-state index contributed by atoms with van der Waals surface area (Å²) in [5.74, 6) is 0.994. The van der Waals surface area contributed by atoms with Crippen LogP contribution in [-0.2, 0) is 6.42 Å². The van der Waals surface area contributed by atoms with E-state index in [-0.39, 0.29) is 0 Å². The molecule has 1 fully saturated rings. The van der Waals surface area contributed by atoms with Crippen LogP contribution >= 0.6 is 0 Å². The predicted octanol–water partition coefficient (Wildman–Crippen LogP) is 3.79. The maximum atomic E-state index is 3.72. The quantitative estimate of drug-likeness (QED) is 0.753. The van der Waals surface area contributed by atoms with Crippen molar-refractivity contribution in [1.29, 1.82) is 0 Å². The Morgan fingerprint density at radius 2 is 2.00 bits per heavy atom. The number of hydrogen-bond donors (Lipinski definition) is 1. The minimum absolute atomic E-state index is 0.683. The molecule has 0 aromatic heterocycles. The first-order chi connectivity index (χ1) is 8.38. The van der Waals surface area contributed by atoms with Gasteiger partial charge < -0.3 is 5.32 Å². The molecule has 1 heteroatoms. The summed E-state index contributed by atoms with van der Waals surface area (Å²) in [4.78, 5) is 0. The molecule has 0 spiro atoms. The predicted molar refractivity (Wildman–Crippen MR) is 74.2 cm³/mol. The fourth-order valence-corrected chi connectivity index (χ4v) is 2.62. The molecule has 0 aliphatic heterocycles. The number of rotatable bonds is 7. The Bertz CT molecular complexity index is 303. The molecule has 1 aliphatic carbocycles. The van der Waals surface area contributed by atoms with E-state index in [4.69, 9.17) is 0 Å². The van der Waals surface area contributed by atoms with Crippen molar-refractivity contribution in [2.75, 3.05) is 6.54 Å². The Labute approximate surface area is 106 Å². The fourth-order valence-electron chi connectivity index (χ4n) is 2.62. The summed E-state index contributed by atoms with van der Waals surface area (Å²) in [6, 6.07) is 11.6. The van der Waals surface area contributed by atoms with Gasteiger partial charge >= 0.3 is 0 Å². The molecule has 2 rings (SSSR count). The monoisotopic (exact) mass is 231 g/mol. The van der Waals surface area contributed by atoms with Crippen molar-refractivity contribution in [3.8, 4) is 0 Å². The lowest BCUT2D eigenvalue weighted by molar-refractivity contribution is 0.259. The minimum atomic E-state index is 0.683. The van der Waals surface area contributed by atoms with Crippen molar-refractivity contribution in [3.63, 3.8) is 0 Å². The third kappa shape index (κ3) is 4.16. The third-order valence-corrected chi connectivity index (χ3v) is 3.85. The van der Waals surface area contributed by atoms with Gasteiger partial charge in [0.15, 0.2) is 0 Å². The zero-order chi connectivity index (χ0) is 11.9. The van der Waals surface area contributed by atoms with Crippen molar-refractivity contribution in [2.45, 2.75) is 51.5 Å². The average molecular weight is 231 g/mol. The maximum Gasteiger partial charge on any atom is 0.0110 e. The largest absolute Gasteiger partial charge is 0.314 e. The molecule has 0 amide bonds. The second-order valence-corrected chi connectivity index (χ2v) is 5.37. The van der Waals surface area contributed by atoms with Gasteiger partial charge in [0.25, 0.3) is 0 Å². The van der Waals surface area contributed by atoms with Crippen molar-refractivity contribution in [1.82, 2.24) is 5.32 Å². The van der Waals surface area contributed by atoms with Crippen LogP contribution in [-0.4, -0.2) is 12.6 Å². The molecule has 1 aromatic rings. The first kappa shape index (κ1) is 12.6. The van der Waals surface area contributed by atoms with Crippen LogP contribution in [0.1, 0.15) is 44.6 Å². The van der Waals surface area contributed by atoms with Gasteiger partial charge in [0.1, 0.15) is 0 Å². The van der Waals surface area contributed by atoms with E-state index in [9.17, 15) is 0 Å². The maximum absolute atomic E-state index is 3.72. The summed E-state index contributed by atoms with van der Waals surface area (Å²) in [7, 11) is 0. The standard InChI is InChI=1S/C16H25N/c1-2-11-17-16(13-15-9-6-10-15)12-14-7-4-3-5-8-14/h3-5,7-8,15-17H,2,6,9-13H2,1H3. The highest BCUT2D eigenvalue weighted by atomic mass is 14.9. The lowest BCUT2D eigenvalue weighted by Gasteiger charge is -2.30. The van der Waals surface area contributed by atoms with Crippen LogP contribution in [0.2, 0.25) is 0 Å². The summed E-state index contributed by atoms with van der Waals surface area (Å²) in [6.45, 7) is 3.40. The van der Waals surface area contributed by atoms with Crippen LogP contribution in [0.3, 0.4) is 0 Å². The molecule has 0 bridgehead atoms. The Hall–Kier alpha value is -0.820. The first-order valence-corrected chi connectivity index (χ1v) is 7.15. The molecule has 1 unspecified atom stereocenters. The van der Waals surface area contributed by atoms with Crippen LogP contribution in [0.5, 0.6) is 0 Å². The smallest absolute Gasteiger partial charge is 0.0110 e. The molecule has 17 heavy (non-hydrogen) atoms. The lowest BCUT2D eigenvalue weighted by atomic mass is 9.80. The van der Waals surface area contributed by atoms with E-state index in [0.717, 1.165) is 12.5 Å². The van der Waals surface area contributed by atoms with Gasteiger partial charge in [0, 0.05) is 6.04 Å². The van der Waals surface area contributed by atoms with Gasteiger partial charge in [0.2, 0.25) is 0 Å². The summed E-state index contributed by atoms with van der Waals surface area (Å²) in [5, 5.41) is 3.72. The molecule has 1 aromatic carbocycles. The van der Waals surface area contributed by atoms with Gasteiger partial charge in [-0.25, -0.2) is 0 Å². The Morgan fingerprint density at radius 1 is 1.24 bits per heavy atom. The topological polar surface area (TPSA) is 12.0 Å². The van der Waals surface area contributed by atoms with Gasteiger partial charge in [0.05, 0.1) is 0 Å². The van der Waals surface area contributed by atoms with Crippen molar-refractivity contribution in [2.24, 2.45) is 5.92 Å². The first-order valence-electron chi connectivity index (χ1n) is 7.15. The molecule has 0 heterocycles. The van der Waals surface area contributed by atoms with Gasteiger partial charge in [-0.15, -0.1) is 0 Å². The summed E-state index contributed by atoms with van der Waals surface area (Å²) in [6.07, 6.45) is 8.16. The van der Waals surface area contributed by atoms with E-state index in [0.29, 0.717) is 6.04 Å². The highest BCUT2D eigenvalue weighted by molar-refractivity contribution is 5.16. The van der Waals surface area contributed by atoms with E-state index in [1.807, 2.05) is 0 Å². The molecule has 94 valence electrons. The zero-order valence-corrected chi connectivity index (χ0v) is 11.0. The van der Waals surface area contributed by atoms with Crippen LogP contribution < -0.4 is 5.32 Å². The number of hydrogen-bond acceptors (Lipinski definition) is 1. The summed E-state index contributed by atoms with van der Waals surface area (Å²) in [5.41, 5.74) is 1.47. The molecule has 1 aliphatic rings. The van der Waals surface area contributed by atoms with Gasteiger partial charge in [-0.05, 0) is 37.3 Å². The van der Waals surface area contributed by atoms with E-state index in [2.05, 4.69) is 42.6 Å². The minimum Gasteiger partial charge on any atom is -0.314 e. The highest BCUT2D eigenvalue weighted by Gasteiger charge is 2.21. The molecule has 1 N–H and O–H groups in total. The zero-order valence-electron chi connectivity index (χ0n) is 11.0. The van der Waals surface area contributed by atoms with E-state index in [1.165, 1.54) is 44.1 Å². The Morgan fingerprint density at radius 3 is 2.59 bits per heavy atom.